The largest absolute Gasteiger partial charge is 1.00 e. The van der Waals surface area contributed by atoms with Gasteiger partial charge in [-0.25, -0.2) is 0 Å². The van der Waals surface area contributed by atoms with Crippen LogP contribution in [0.15, 0.2) is 0 Å². The Morgan fingerprint density at radius 1 is 0.750 bits per heavy atom. The van der Waals surface area contributed by atoms with Gasteiger partial charge in [0, 0.05) is 0 Å². The minimum Gasteiger partial charge on any atom is 0.316 e. The van der Waals surface area contributed by atoms with Gasteiger partial charge in [-0.2, -0.15) is 0 Å². The Hall–Kier alpha value is 0.776. The van der Waals surface area contributed by atoms with E-state index in [-0.39, 0.29) is 24.5 Å². The van der Waals surface area contributed by atoms with Gasteiger partial charge in [0.05, 0.1) is 0 Å². The summed E-state index contributed by atoms with van der Waals surface area (Å²) in [5.74, 6) is 0. The van der Waals surface area contributed by atoms with Gasteiger partial charge in [-0.3, -0.25) is 0 Å². The maximum Gasteiger partial charge on any atom is 1.00 e. The molecule has 0 saturated carbocycles. The third-order valence-electron chi connectivity index (χ3n) is 0. The second-order valence-electron chi connectivity index (χ2n) is 0.958. The smallest absolute Gasteiger partial charge is 0.316 e. The number of hydrogen-bond donors (Lipinski definition) is 0. The summed E-state index contributed by atoms with van der Waals surface area (Å²) in [6, 6.07) is 0. The van der Waals surface area contributed by atoms with Crippen LogP contribution in [-0.2, 0) is 0 Å². The Balaban J connectivity index is -0.000000180. The number of rotatable bonds is 0. The van der Waals surface area contributed by atoms with Gasteiger partial charge in [0.1, 0.15) is 0 Å². The Labute approximate surface area is 58.1 Å². The molecule has 8 heavy (non-hydrogen) atoms. The molecule has 0 spiro atoms. The van der Waals surface area contributed by atoms with Gasteiger partial charge in [0.25, 0.3) is 0 Å². The molecule has 0 radical (unpaired) electrons. The summed E-state index contributed by atoms with van der Waals surface area (Å²) in [5, 5.41) is 0. The summed E-state index contributed by atoms with van der Waals surface area (Å²) in [5.41, 5.74) is 0. The molecule has 8 heteroatoms. The van der Waals surface area contributed by atoms with Crippen LogP contribution in [0.2, 0.25) is 0 Å². The Morgan fingerprint density at radius 3 is 0.750 bits per heavy atom. The van der Waals surface area contributed by atoms with Crippen molar-refractivity contribution in [1.29, 1.82) is 0 Å². The van der Waals surface area contributed by atoms with Crippen molar-refractivity contribution in [1.82, 2.24) is 0 Å². The zero-order valence-electron chi connectivity index (χ0n) is 3.72. The summed E-state index contributed by atoms with van der Waals surface area (Å²) in [4.78, 5) is 0. The van der Waals surface area contributed by atoms with E-state index in [2.05, 4.69) is 0 Å². The van der Waals surface area contributed by atoms with E-state index < -0.39 is 7.81 Å². The van der Waals surface area contributed by atoms with Crippen molar-refractivity contribution in [2.75, 3.05) is 0 Å². The molecule has 0 heterocycles. The fraction of sp³-hybridized carbons (Fsp3) is 0. The Kier molecular flexibility index (Phi) is 2.07. The fourth-order valence-electron chi connectivity index (χ4n) is 0. The third kappa shape index (κ3) is 375. The first-order valence-electron chi connectivity index (χ1n) is 1.01. The van der Waals surface area contributed by atoms with Gasteiger partial charge in [0.2, 0.25) is 0 Å². The monoisotopic (exact) mass is 172 g/mol. The van der Waals surface area contributed by atoms with Crippen LogP contribution in [0.3, 0.4) is 0 Å². The van der Waals surface area contributed by atoms with Crippen molar-refractivity contribution < 1.29 is 26.6 Å². The molecule has 0 aliphatic rings. The van der Waals surface area contributed by atoms with Crippen LogP contribution < -0.4 is 0 Å². The normalized spacial score (nSPS) is 20.2. The molecule has 0 aliphatic heterocycles. The van der Waals surface area contributed by atoms with Crippen LogP contribution in [0.1, 0.15) is 1.43 Å². The average Bonchev–Trinajstić information content (AvgIpc) is 0.592. The van der Waals surface area contributed by atoms with Crippen LogP contribution in [0.4, 0.5) is 25.2 Å². The zero-order valence-corrected chi connectivity index (χ0v) is 3.61. The molecule has 0 amide bonds. The van der Waals surface area contributed by atoms with Crippen LogP contribution in [0.5, 0.6) is 0 Å². The van der Waals surface area contributed by atoms with E-state index in [9.17, 15) is 25.2 Å². The average molecular weight is 172 g/mol. The van der Waals surface area contributed by atoms with Gasteiger partial charge in [0.15, 0.2) is 0 Å². The third-order valence-corrected chi connectivity index (χ3v) is 0. The topological polar surface area (TPSA) is 0 Å². The SMILES string of the molecule is F[P-](F)(F)(F)(F)F.[H+].[MgH2]. The molecular formula is H3F6MgP. The van der Waals surface area contributed by atoms with Gasteiger partial charge in [-0.15, -0.1) is 0 Å². The molecule has 0 aromatic rings. The summed E-state index contributed by atoms with van der Waals surface area (Å²) >= 11 is 0. The quantitative estimate of drug-likeness (QED) is 0.299. The zero-order chi connectivity index (χ0) is 6.41. The van der Waals surface area contributed by atoms with Gasteiger partial charge >= 0.3 is 57.5 Å². The van der Waals surface area contributed by atoms with Crippen molar-refractivity contribution >= 4 is 30.9 Å². The van der Waals surface area contributed by atoms with Gasteiger partial charge < -0.3 is 0 Å². The van der Waals surface area contributed by atoms with Crippen molar-refractivity contribution in [2.24, 2.45) is 0 Å². The number of halogens is 6. The minimum atomic E-state index is -10.7. The molecular weight excluding hydrogens is 169 g/mol. The summed E-state index contributed by atoms with van der Waals surface area (Å²) in [7, 11) is -10.7. The Morgan fingerprint density at radius 2 is 0.750 bits per heavy atom. The first-order chi connectivity index (χ1) is 2.45. The predicted octanol–water partition coefficient (Wildman–Crippen LogP) is 2.58. The second-order valence-corrected chi connectivity index (χ2v) is 2.87. The fourth-order valence-corrected chi connectivity index (χ4v) is 0. The van der Waals surface area contributed by atoms with E-state index >= 15 is 0 Å². The minimum absolute atomic E-state index is 0. The van der Waals surface area contributed by atoms with E-state index in [0.29, 0.717) is 0 Å². The molecule has 0 saturated heterocycles. The molecule has 0 atom stereocenters. The van der Waals surface area contributed by atoms with Crippen molar-refractivity contribution in [3.05, 3.63) is 0 Å². The molecule has 0 aromatic carbocycles. The maximum absolute atomic E-state index is 10.7. The maximum atomic E-state index is 9.87. The first-order valence-corrected chi connectivity index (χ1v) is 3.04. The van der Waals surface area contributed by atoms with Crippen molar-refractivity contribution in [2.45, 2.75) is 0 Å². The molecule has 0 bridgehead atoms. The van der Waals surface area contributed by atoms with Crippen LogP contribution in [-0.4, -0.2) is 23.1 Å². The van der Waals surface area contributed by atoms with Crippen LogP contribution >= 0.6 is 7.81 Å². The van der Waals surface area contributed by atoms with Gasteiger partial charge in [-0.05, 0) is 0 Å². The molecule has 0 nitrogen and oxygen atoms in total. The molecule has 0 N–H and O–H groups in total. The standard InChI is InChI=1S/F6P.Mg.2H/c1-7(2,3,4,5)6;;;/q-1;;;/p+1. The van der Waals surface area contributed by atoms with Crippen LogP contribution in [0, 0.1) is 0 Å². The molecule has 0 fully saturated rings. The van der Waals surface area contributed by atoms with E-state index in [1.165, 1.54) is 0 Å². The van der Waals surface area contributed by atoms with Crippen molar-refractivity contribution in [3.63, 3.8) is 0 Å². The van der Waals surface area contributed by atoms with Gasteiger partial charge in [-0.1, -0.05) is 0 Å². The summed E-state index contributed by atoms with van der Waals surface area (Å²) in [6.07, 6.45) is 0. The molecule has 52 valence electrons. The molecule has 0 unspecified atom stereocenters. The van der Waals surface area contributed by atoms with E-state index in [0.717, 1.165) is 0 Å². The van der Waals surface area contributed by atoms with E-state index in [4.69, 9.17) is 0 Å². The van der Waals surface area contributed by atoms with E-state index in [1.54, 1.807) is 0 Å². The summed E-state index contributed by atoms with van der Waals surface area (Å²) in [6.45, 7) is 0. The first kappa shape index (κ1) is 11.6. The van der Waals surface area contributed by atoms with Crippen LogP contribution in [0.25, 0.3) is 0 Å². The molecule has 0 aromatic heterocycles. The molecule has 0 aliphatic carbocycles. The predicted molar refractivity (Wildman–Crippen MR) is 23.2 cm³/mol. The second kappa shape index (κ2) is 1.43. The van der Waals surface area contributed by atoms with Crippen molar-refractivity contribution in [3.8, 4) is 0 Å². The number of hydrogen-bond acceptors (Lipinski definition) is 0. The summed E-state index contributed by atoms with van der Waals surface area (Å²) < 4.78 is 59.2. The Bertz CT molecular complexity index is 71.6. The molecule has 0 rings (SSSR count). The van der Waals surface area contributed by atoms with E-state index in [1.807, 2.05) is 0 Å².